The van der Waals surface area contributed by atoms with Crippen LogP contribution in [-0.4, -0.2) is 26.7 Å². The van der Waals surface area contributed by atoms with E-state index in [9.17, 15) is 4.39 Å². The van der Waals surface area contributed by atoms with Crippen LogP contribution in [0.15, 0.2) is 53.1 Å². The number of rotatable bonds is 3. The summed E-state index contributed by atoms with van der Waals surface area (Å²) in [6, 6.07) is 13.6. The van der Waals surface area contributed by atoms with Gasteiger partial charge in [0.1, 0.15) is 11.9 Å². The lowest BCUT2D eigenvalue weighted by molar-refractivity contribution is -0.00122. The predicted molar refractivity (Wildman–Crippen MR) is 101 cm³/mol. The Balaban J connectivity index is 1.25. The van der Waals surface area contributed by atoms with Crippen molar-refractivity contribution in [2.24, 2.45) is 0 Å². The third-order valence-electron chi connectivity index (χ3n) is 5.15. The van der Waals surface area contributed by atoms with Gasteiger partial charge in [-0.05, 0) is 48.0 Å². The van der Waals surface area contributed by atoms with E-state index in [1.54, 1.807) is 12.1 Å². The minimum Gasteiger partial charge on any atom is -0.454 e. The second kappa shape index (κ2) is 6.67. The van der Waals surface area contributed by atoms with Gasteiger partial charge in [0.15, 0.2) is 17.2 Å². The molecule has 1 atom stereocenters. The van der Waals surface area contributed by atoms with Crippen LogP contribution in [0.3, 0.4) is 0 Å². The highest BCUT2D eigenvalue weighted by Gasteiger charge is 2.26. The first-order valence-corrected chi connectivity index (χ1v) is 9.41. The quantitative estimate of drug-likeness (QED) is 0.512. The number of nitrogens with zero attached hydrogens (tertiary/aromatic N) is 4. The van der Waals surface area contributed by atoms with E-state index >= 15 is 0 Å². The smallest absolute Gasteiger partial charge is 0.278 e. The fraction of sp³-hybridized carbons (Fsp3) is 0.190. The molecule has 4 heterocycles. The molecule has 2 aliphatic rings. The van der Waals surface area contributed by atoms with E-state index in [4.69, 9.17) is 18.7 Å². The van der Waals surface area contributed by atoms with Crippen LogP contribution < -0.4 is 9.47 Å². The van der Waals surface area contributed by atoms with E-state index in [0.717, 1.165) is 22.8 Å². The minimum atomic E-state index is -0.318. The molecule has 6 rings (SSSR count). The van der Waals surface area contributed by atoms with Crippen molar-refractivity contribution in [3.05, 3.63) is 65.6 Å². The number of halogens is 1. The zero-order valence-electron chi connectivity index (χ0n) is 15.6. The van der Waals surface area contributed by atoms with Gasteiger partial charge < -0.3 is 18.7 Å². The fourth-order valence-electron chi connectivity index (χ4n) is 3.59. The van der Waals surface area contributed by atoms with Gasteiger partial charge in [0, 0.05) is 5.56 Å². The van der Waals surface area contributed by atoms with Crippen LogP contribution in [0.2, 0.25) is 0 Å². The molecule has 150 valence electrons. The Morgan fingerprint density at radius 3 is 2.77 bits per heavy atom. The third-order valence-corrected chi connectivity index (χ3v) is 5.15. The Kier molecular flexibility index (Phi) is 3.81. The largest absolute Gasteiger partial charge is 0.454 e. The van der Waals surface area contributed by atoms with Crippen LogP contribution in [0.1, 0.15) is 17.4 Å². The van der Waals surface area contributed by atoms with E-state index in [0.29, 0.717) is 36.1 Å². The van der Waals surface area contributed by atoms with Crippen molar-refractivity contribution in [3.63, 3.8) is 0 Å². The number of fused-ring (bicyclic) bond motifs is 2. The maximum atomic E-state index is 13.1. The molecular formula is C21H15FN4O4. The Labute approximate surface area is 169 Å². The van der Waals surface area contributed by atoms with Crippen molar-refractivity contribution in [2.45, 2.75) is 19.3 Å². The molecule has 4 aromatic rings. The van der Waals surface area contributed by atoms with Gasteiger partial charge in [0.25, 0.3) is 5.89 Å². The molecule has 0 bridgehead atoms. The van der Waals surface area contributed by atoms with Gasteiger partial charge in [0.2, 0.25) is 12.6 Å². The number of aromatic nitrogens is 4. The van der Waals surface area contributed by atoms with Crippen LogP contribution in [0.4, 0.5) is 4.39 Å². The van der Waals surface area contributed by atoms with E-state index in [1.165, 1.54) is 12.1 Å². The van der Waals surface area contributed by atoms with E-state index in [1.807, 2.05) is 28.9 Å². The van der Waals surface area contributed by atoms with Gasteiger partial charge in [-0.2, -0.15) is 10.1 Å². The van der Waals surface area contributed by atoms with E-state index < -0.39 is 0 Å². The van der Waals surface area contributed by atoms with Crippen molar-refractivity contribution in [1.82, 2.24) is 19.9 Å². The average Bonchev–Trinajstić information content (AvgIpc) is 3.51. The van der Waals surface area contributed by atoms with Gasteiger partial charge in [-0.1, -0.05) is 11.2 Å². The number of benzene rings is 2. The molecule has 9 heteroatoms. The van der Waals surface area contributed by atoms with Crippen LogP contribution in [0.5, 0.6) is 11.5 Å². The minimum absolute atomic E-state index is 0.155. The lowest BCUT2D eigenvalue weighted by Crippen LogP contribution is -2.21. The summed E-state index contributed by atoms with van der Waals surface area (Å²) in [6.07, 6.45) is -0.155. The molecule has 0 N–H and O–H groups in total. The van der Waals surface area contributed by atoms with E-state index in [-0.39, 0.29) is 18.7 Å². The van der Waals surface area contributed by atoms with Gasteiger partial charge in [-0.15, -0.1) is 0 Å². The third kappa shape index (κ3) is 2.91. The van der Waals surface area contributed by atoms with Crippen LogP contribution >= 0.6 is 0 Å². The van der Waals surface area contributed by atoms with Crippen molar-refractivity contribution in [1.29, 1.82) is 0 Å². The first-order chi connectivity index (χ1) is 14.7. The molecular weight excluding hydrogens is 391 g/mol. The summed E-state index contributed by atoms with van der Waals surface area (Å²) in [5.41, 5.74) is 3.16. The van der Waals surface area contributed by atoms with Crippen molar-refractivity contribution in [3.8, 4) is 34.5 Å². The Morgan fingerprint density at radius 1 is 1.00 bits per heavy atom. The molecule has 0 saturated carbocycles. The van der Waals surface area contributed by atoms with Crippen LogP contribution in [0.25, 0.3) is 23.0 Å². The van der Waals surface area contributed by atoms with Crippen LogP contribution in [-0.2, 0) is 17.9 Å². The Hall–Kier alpha value is -3.72. The molecule has 0 amide bonds. The molecule has 30 heavy (non-hydrogen) atoms. The fourth-order valence-corrected chi connectivity index (χ4v) is 3.59. The zero-order valence-corrected chi connectivity index (χ0v) is 15.6. The first-order valence-electron chi connectivity index (χ1n) is 9.41. The number of hydrogen-bond donors (Lipinski definition) is 0. The summed E-state index contributed by atoms with van der Waals surface area (Å²) in [4.78, 5) is 4.39. The Morgan fingerprint density at radius 2 is 1.87 bits per heavy atom. The molecule has 8 nitrogen and oxygen atoms in total. The summed E-state index contributed by atoms with van der Waals surface area (Å²) in [7, 11) is 0. The maximum absolute atomic E-state index is 13.1. The summed E-state index contributed by atoms with van der Waals surface area (Å²) in [5.74, 6) is 1.83. The second-order valence-electron chi connectivity index (χ2n) is 7.05. The molecule has 2 aromatic carbocycles. The molecule has 0 saturated heterocycles. The molecule has 0 fully saturated rings. The van der Waals surface area contributed by atoms with Crippen molar-refractivity contribution in [2.75, 3.05) is 6.79 Å². The molecule has 0 spiro atoms. The molecule has 0 radical (unpaired) electrons. The number of ether oxygens (including phenoxy) is 3. The monoisotopic (exact) mass is 406 g/mol. The predicted octanol–water partition coefficient (Wildman–Crippen LogP) is 3.74. The zero-order chi connectivity index (χ0) is 20.1. The molecule has 0 unspecified atom stereocenters. The normalized spacial score (nSPS) is 17.2. The lowest BCUT2D eigenvalue weighted by atomic mass is 10.1. The highest BCUT2D eigenvalue weighted by Crippen LogP contribution is 2.37. The second-order valence-corrected chi connectivity index (χ2v) is 7.05. The van der Waals surface area contributed by atoms with E-state index in [2.05, 4.69) is 15.2 Å². The topological polar surface area (TPSA) is 84.4 Å². The molecule has 2 aromatic heterocycles. The van der Waals surface area contributed by atoms with Gasteiger partial charge in [-0.25, -0.2) is 4.39 Å². The first kappa shape index (κ1) is 17.2. The van der Waals surface area contributed by atoms with Crippen molar-refractivity contribution >= 4 is 0 Å². The van der Waals surface area contributed by atoms with Gasteiger partial charge >= 0.3 is 0 Å². The number of hydrogen-bond acceptors (Lipinski definition) is 7. The SMILES string of the molecule is Fc1ccc(-c2noc(-c3cc4n(n3)C[C@H](c3ccc5c(c3)OCO5)OC4)n2)cc1. The Bertz CT molecular complexity index is 1230. The molecule has 0 aliphatic carbocycles. The highest BCUT2D eigenvalue weighted by atomic mass is 19.1. The molecule has 2 aliphatic heterocycles. The average molecular weight is 406 g/mol. The summed E-state index contributed by atoms with van der Waals surface area (Å²) in [5, 5.41) is 8.59. The highest BCUT2D eigenvalue weighted by molar-refractivity contribution is 5.57. The van der Waals surface area contributed by atoms with Crippen LogP contribution in [0, 0.1) is 5.82 Å². The summed E-state index contributed by atoms with van der Waals surface area (Å²) >= 11 is 0. The van der Waals surface area contributed by atoms with Gasteiger partial charge in [-0.3, -0.25) is 4.68 Å². The van der Waals surface area contributed by atoms with Gasteiger partial charge in [0.05, 0.1) is 18.8 Å². The summed E-state index contributed by atoms with van der Waals surface area (Å²) < 4.78 is 37.2. The standard InChI is InChI=1S/C21H15FN4O4/c22-14-4-1-12(2-5-14)20-23-21(30-25-20)16-8-15-10-27-19(9-26(15)24-16)13-3-6-17-18(7-13)29-11-28-17/h1-8,19H,9-11H2/t19-/m1/s1. The maximum Gasteiger partial charge on any atom is 0.278 e. The summed E-state index contributed by atoms with van der Waals surface area (Å²) in [6.45, 7) is 1.19. The van der Waals surface area contributed by atoms with Crippen molar-refractivity contribution < 1.29 is 23.1 Å². The lowest BCUT2D eigenvalue weighted by Gasteiger charge is -2.24.